The van der Waals surface area contributed by atoms with Crippen LogP contribution in [0.2, 0.25) is 15.1 Å². The number of carbonyl (C=O) groups is 1. The number of hydrogen-bond donors (Lipinski definition) is 2. The van der Waals surface area contributed by atoms with Crippen LogP contribution in [0.4, 0.5) is 9.18 Å². The monoisotopic (exact) mass is 558 g/mol. The first-order valence-electron chi connectivity index (χ1n) is 10.1. The molecule has 13 heteroatoms. The molecule has 0 spiro atoms. The lowest BCUT2D eigenvalue weighted by molar-refractivity contribution is 0.144. The lowest BCUT2D eigenvalue weighted by Crippen LogP contribution is -2.40. The van der Waals surface area contributed by atoms with Gasteiger partial charge >= 0.3 is 6.03 Å². The molecule has 0 aliphatic carbocycles. The molecule has 1 aliphatic rings. The number of carbonyl (C=O) groups excluding carboxylic acids is 1. The highest BCUT2D eigenvalue weighted by Gasteiger charge is 2.25. The molecular formula is C22H18Cl3FN4O4S. The smallest absolute Gasteiger partial charge is 0.329 e. The zero-order chi connectivity index (χ0) is 25.2. The number of halogens is 4. The summed E-state index contributed by atoms with van der Waals surface area (Å²) in [6, 6.07) is 9.21. The highest BCUT2D eigenvalue weighted by atomic mass is 35.5. The largest absolute Gasteiger partial charge is 0.372 e. The number of fused-ring (bicyclic) bond motifs is 1. The van der Waals surface area contributed by atoms with E-state index in [2.05, 4.69) is 10.4 Å². The van der Waals surface area contributed by atoms with Gasteiger partial charge in [-0.25, -0.2) is 22.3 Å². The van der Waals surface area contributed by atoms with Crippen LogP contribution >= 0.6 is 34.8 Å². The summed E-state index contributed by atoms with van der Waals surface area (Å²) in [4.78, 5) is 12.0. The van der Waals surface area contributed by atoms with Gasteiger partial charge in [-0.05, 0) is 42.0 Å². The van der Waals surface area contributed by atoms with Crippen LogP contribution in [-0.2, 0) is 27.9 Å². The van der Waals surface area contributed by atoms with Crippen LogP contribution in [0, 0.1) is 0 Å². The minimum absolute atomic E-state index is 0.0503. The first-order valence-corrected chi connectivity index (χ1v) is 12.8. The van der Waals surface area contributed by atoms with Gasteiger partial charge in [0.25, 0.3) is 10.0 Å². The third-order valence-electron chi connectivity index (χ3n) is 5.12. The van der Waals surface area contributed by atoms with E-state index in [4.69, 9.17) is 39.5 Å². The molecule has 3 aromatic rings. The Bertz CT molecular complexity index is 1410. The second-order valence-electron chi connectivity index (χ2n) is 7.53. The van der Waals surface area contributed by atoms with Crippen molar-refractivity contribution in [2.24, 2.45) is 0 Å². The minimum Gasteiger partial charge on any atom is -0.372 e. The molecule has 1 aliphatic heterocycles. The molecule has 2 aromatic carbocycles. The van der Waals surface area contributed by atoms with E-state index < -0.39 is 28.4 Å². The summed E-state index contributed by atoms with van der Waals surface area (Å²) < 4.78 is 48.7. The molecule has 2 amide bonds. The molecule has 0 saturated heterocycles. The Hall–Kier alpha value is -2.63. The molecule has 0 bridgehead atoms. The highest BCUT2D eigenvalue weighted by molar-refractivity contribution is 7.90. The Morgan fingerprint density at radius 2 is 1.80 bits per heavy atom. The zero-order valence-electron chi connectivity index (χ0n) is 17.9. The van der Waals surface area contributed by atoms with E-state index in [1.807, 2.05) is 4.72 Å². The molecule has 0 fully saturated rings. The number of aromatic nitrogens is 2. The first kappa shape index (κ1) is 25.5. The van der Waals surface area contributed by atoms with Gasteiger partial charge < -0.3 is 10.1 Å². The van der Waals surface area contributed by atoms with E-state index in [1.165, 1.54) is 24.3 Å². The molecule has 2 heterocycles. The quantitative estimate of drug-likeness (QED) is 0.452. The molecule has 35 heavy (non-hydrogen) atoms. The summed E-state index contributed by atoms with van der Waals surface area (Å²) in [5.41, 5.74) is 2.10. The van der Waals surface area contributed by atoms with Gasteiger partial charge in [-0.2, -0.15) is 5.10 Å². The Labute approximate surface area is 215 Å². The van der Waals surface area contributed by atoms with Gasteiger partial charge in [0, 0.05) is 26.2 Å². The molecular weight excluding hydrogens is 542 g/mol. The fraction of sp³-hybridized carbons (Fsp3) is 0.182. The van der Waals surface area contributed by atoms with Crippen LogP contribution in [0.1, 0.15) is 16.8 Å². The van der Waals surface area contributed by atoms with Crippen LogP contribution in [0.25, 0.3) is 5.57 Å². The van der Waals surface area contributed by atoms with Crippen molar-refractivity contribution in [3.63, 3.8) is 0 Å². The SMILES string of the molecule is O=C(NCC(F)=C1COCc2cnn(Cc3ccc(Cl)cc3Cl)c21)NS(=O)(=O)c1ccc(Cl)cc1. The van der Waals surface area contributed by atoms with Crippen LogP contribution in [0.15, 0.2) is 59.4 Å². The van der Waals surface area contributed by atoms with E-state index in [0.717, 1.165) is 5.56 Å². The van der Waals surface area contributed by atoms with Crippen molar-refractivity contribution in [1.82, 2.24) is 19.8 Å². The number of urea groups is 1. The van der Waals surface area contributed by atoms with Gasteiger partial charge in [-0.3, -0.25) is 4.68 Å². The predicted octanol–water partition coefficient (Wildman–Crippen LogP) is 4.79. The molecule has 0 unspecified atom stereocenters. The topological polar surface area (TPSA) is 102 Å². The fourth-order valence-corrected chi connectivity index (χ4v) is 4.97. The number of amides is 2. The van der Waals surface area contributed by atoms with Crippen LogP contribution in [-0.4, -0.2) is 37.4 Å². The molecule has 8 nitrogen and oxygen atoms in total. The zero-order valence-corrected chi connectivity index (χ0v) is 21.0. The summed E-state index contributed by atoms with van der Waals surface area (Å²) in [7, 11) is -4.16. The maximum atomic E-state index is 15.2. The molecule has 184 valence electrons. The maximum absolute atomic E-state index is 15.2. The van der Waals surface area contributed by atoms with Crippen LogP contribution in [0.3, 0.4) is 0 Å². The Balaban J connectivity index is 1.49. The average molecular weight is 560 g/mol. The van der Waals surface area contributed by atoms with Gasteiger partial charge in [-0.15, -0.1) is 0 Å². The molecule has 2 N–H and O–H groups in total. The molecule has 4 rings (SSSR count). The van der Waals surface area contributed by atoms with E-state index in [9.17, 15) is 13.2 Å². The number of nitrogens with one attached hydrogen (secondary N) is 2. The van der Waals surface area contributed by atoms with Crippen molar-refractivity contribution in [1.29, 1.82) is 0 Å². The maximum Gasteiger partial charge on any atom is 0.329 e. The Morgan fingerprint density at radius 3 is 2.51 bits per heavy atom. The number of nitrogens with zero attached hydrogens (tertiary/aromatic N) is 2. The van der Waals surface area contributed by atoms with Gasteiger partial charge in [0.1, 0.15) is 5.83 Å². The Kier molecular flexibility index (Phi) is 7.67. The molecule has 0 radical (unpaired) electrons. The third kappa shape index (κ3) is 5.96. The van der Waals surface area contributed by atoms with E-state index in [-0.39, 0.29) is 30.2 Å². The van der Waals surface area contributed by atoms with Crippen molar-refractivity contribution in [3.8, 4) is 0 Å². The minimum atomic E-state index is -4.16. The van der Waals surface area contributed by atoms with Gasteiger partial charge in [0.15, 0.2) is 0 Å². The van der Waals surface area contributed by atoms with Crippen molar-refractivity contribution >= 4 is 56.4 Å². The van der Waals surface area contributed by atoms with E-state index >= 15 is 4.39 Å². The number of rotatable bonds is 6. The summed E-state index contributed by atoms with van der Waals surface area (Å²) in [6.45, 7) is -0.110. The number of ether oxygens (including phenoxy) is 1. The summed E-state index contributed by atoms with van der Waals surface area (Å²) in [6.07, 6.45) is 1.57. The van der Waals surface area contributed by atoms with E-state index in [0.29, 0.717) is 26.3 Å². The standard InChI is InChI=1S/C22H18Cl3FN4O4S/c23-15-3-5-17(6-4-15)35(32,33)29-22(31)27-9-20(26)18-12-34-11-14-8-28-30(21(14)18)10-13-1-2-16(24)7-19(13)25/h1-8H,9-12H2,(H2,27,29,31). The Morgan fingerprint density at radius 1 is 1.09 bits per heavy atom. The highest BCUT2D eigenvalue weighted by Crippen LogP contribution is 2.30. The lowest BCUT2D eigenvalue weighted by atomic mass is 10.1. The normalized spacial score (nSPS) is 14.9. The molecule has 0 atom stereocenters. The summed E-state index contributed by atoms with van der Waals surface area (Å²) >= 11 is 18.0. The number of benzene rings is 2. The van der Waals surface area contributed by atoms with Crippen molar-refractivity contribution in [3.05, 3.63) is 86.4 Å². The summed E-state index contributed by atoms with van der Waals surface area (Å²) in [5, 5.41) is 7.82. The van der Waals surface area contributed by atoms with Crippen molar-refractivity contribution < 1.29 is 22.3 Å². The second-order valence-corrected chi connectivity index (χ2v) is 10.5. The van der Waals surface area contributed by atoms with E-state index in [1.54, 1.807) is 29.1 Å². The van der Waals surface area contributed by atoms with Gasteiger partial charge in [-0.1, -0.05) is 40.9 Å². The third-order valence-corrected chi connectivity index (χ3v) is 7.31. The van der Waals surface area contributed by atoms with Gasteiger partial charge in [0.2, 0.25) is 0 Å². The predicted molar refractivity (Wildman–Crippen MR) is 131 cm³/mol. The summed E-state index contributed by atoms with van der Waals surface area (Å²) in [5.74, 6) is -0.700. The van der Waals surface area contributed by atoms with Crippen LogP contribution in [0.5, 0.6) is 0 Å². The molecule has 0 saturated carbocycles. The van der Waals surface area contributed by atoms with Gasteiger partial charge in [0.05, 0.1) is 43.1 Å². The van der Waals surface area contributed by atoms with Crippen molar-refractivity contribution in [2.45, 2.75) is 18.0 Å². The van der Waals surface area contributed by atoms with Crippen LogP contribution < -0.4 is 10.0 Å². The number of hydrogen-bond acceptors (Lipinski definition) is 5. The lowest BCUT2D eigenvalue weighted by Gasteiger charge is -2.20. The fourth-order valence-electron chi connectivity index (χ4n) is 3.44. The molecule has 1 aromatic heterocycles. The first-order chi connectivity index (χ1) is 16.6. The van der Waals surface area contributed by atoms with Crippen molar-refractivity contribution in [2.75, 3.05) is 13.2 Å². The number of sulfonamides is 1. The average Bonchev–Trinajstić information content (AvgIpc) is 3.22. The second kappa shape index (κ2) is 10.5.